The molecule has 0 bridgehead atoms. The third kappa shape index (κ3) is 5.84. The second kappa shape index (κ2) is 10.1. The van der Waals surface area contributed by atoms with Crippen LogP contribution in [0.15, 0.2) is 75.0 Å². The van der Waals surface area contributed by atoms with Crippen molar-refractivity contribution >= 4 is 55.2 Å². The Hall–Kier alpha value is -2.95. The maximum Gasteiger partial charge on any atom is 0.339 e. The molecule has 3 aromatic rings. The van der Waals surface area contributed by atoms with Gasteiger partial charge in [0.1, 0.15) is 4.90 Å². The molecule has 0 saturated heterocycles. The molecule has 0 spiro atoms. The van der Waals surface area contributed by atoms with Crippen LogP contribution in [0.1, 0.15) is 12.5 Å². The number of benzene rings is 3. The molecule has 11 heteroatoms. The van der Waals surface area contributed by atoms with Gasteiger partial charge in [-0.3, -0.25) is 15.1 Å². The van der Waals surface area contributed by atoms with Crippen molar-refractivity contribution in [2.75, 3.05) is 6.61 Å². The molecule has 0 aromatic heterocycles. The van der Waals surface area contributed by atoms with Gasteiger partial charge in [0.25, 0.3) is 5.69 Å². The highest BCUT2D eigenvalue weighted by Crippen LogP contribution is 2.38. The molecule has 0 aliphatic rings. The van der Waals surface area contributed by atoms with E-state index in [1.807, 2.05) is 0 Å². The van der Waals surface area contributed by atoms with E-state index in [1.165, 1.54) is 54.7 Å². The summed E-state index contributed by atoms with van der Waals surface area (Å²) in [4.78, 5) is 14.5. The quantitative estimate of drug-likeness (QED) is 0.152. The van der Waals surface area contributed by atoms with E-state index < -0.39 is 15.0 Å². The minimum Gasteiger partial charge on any atom is -0.490 e. The van der Waals surface area contributed by atoms with Crippen molar-refractivity contribution in [3.8, 4) is 11.5 Å². The molecule has 0 aliphatic heterocycles. The Morgan fingerprint density at radius 3 is 2.38 bits per heavy atom. The first-order valence-electron chi connectivity index (χ1n) is 9.14. The molecule has 8 nitrogen and oxygen atoms in total. The Labute approximate surface area is 197 Å². The molecule has 3 rings (SSSR count). The SMILES string of the molecule is CCOc1cc(C=Nc2ccc([N+](=O)[O-])cc2)cc(Br)c1OS(=O)(=O)c1ccc(Cl)cc1. The number of aliphatic imine (C=N–C) groups is 1. The Morgan fingerprint density at radius 2 is 1.78 bits per heavy atom. The van der Waals surface area contributed by atoms with Crippen molar-refractivity contribution in [2.24, 2.45) is 4.99 Å². The number of rotatable bonds is 8. The zero-order valence-electron chi connectivity index (χ0n) is 16.6. The Balaban J connectivity index is 1.90. The number of nitrogens with zero attached hydrogens (tertiary/aromatic N) is 2. The standard InChI is InChI=1S/C21H16BrClN2O6S/c1-2-30-20-12-14(13-24-16-5-7-17(8-6-16)25(26)27)11-19(22)21(20)31-32(28,29)18-9-3-15(23)4-10-18/h3-13H,2H2,1H3. The second-order valence-electron chi connectivity index (χ2n) is 6.29. The van der Waals surface area contributed by atoms with E-state index in [1.54, 1.807) is 19.1 Å². The molecule has 0 N–H and O–H groups in total. The van der Waals surface area contributed by atoms with Crippen molar-refractivity contribution in [2.45, 2.75) is 11.8 Å². The highest BCUT2D eigenvalue weighted by molar-refractivity contribution is 9.10. The predicted molar refractivity (Wildman–Crippen MR) is 125 cm³/mol. The first kappa shape index (κ1) is 23.7. The van der Waals surface area contributed by atoms with Crippen LogP contribution in [-0.4, -0.2) is 26.2 Å². The molecule has 3 aromatic carbocycles. The fourth-order valence-corrected chi connectivity index (χ4v) is 4.31. The van der Waals surface area contributed by atoms with Crippen LogP contribution in [-0.2, 0) is 10.1 Å². The van der Waals surface area contributed by atoms with Crippen molar-refractivity contribution < 1.29 is 22.3 Å². The van der Waals surface area contributed by atoms with Crippen molar-refractivity contribution in [3.05, 3.63) is 85.8 Å². The van der Waals surface area contributed by atoms with Gasteiger partial charge in [0.2, 0.25) is 0 Å². The Morgan fingerprint density at radius 1 is 1.12 bits per heavy atom. The molecular weight excluding hydrogens is 524 g/mol. The summed E-state index contributed by atoms with van der Waals surface area (Å²) in [6.45, 7) is 2.02. The highest BCUT2D eigenvalue weighted by atomic mass is 79.9. The van der Waals surface area contributed by atoms with Crippen LogP contribution in [0, 0.1) is 10.1 Å². The largest absolute Gasteiger partial charge is 0.490 e. The molecule has 0 atom stereocenters. The van der Waals surface area contributed by atoms with Crippen molar-refractivity contribution in [3.63, 3.8) is 0 Å². The summed E-state index contributed by atoms with van der Waals surface area (Å²) >= 11 is 9.15. The van der Waals surface area contributed by atoms with E-state index in [9.17, 15) is 18.5 Å². The fourth-order valence-electron chi connectivity index (χ4n) is 2.57. The lowest BCUT2D eigenvalue weighted by molar-refractivity contribution is -0.384. The monoisotopic (exact) mass is 538 g/mol. The minimum atomic E-state index is -4.13. The number of ether oxygens (including phenoxy) is 1. The summed E-state index contributed by atoms with van der Waals surface area (Å²) in [5.74, 6) is 0.193. The molecule has 0 saturated carbocycles. The van der Waals surface area contributed by atoms with Crippen LogP contribution in [0.4, 0.5) is 11.4 Å². The van der Waals surface area contributed by atoms with Gasteiger partial charge in [-0.2, -0.15) is 8.42 Å². The highest BCUT2D eigenvalue weighted by Gasteiger charge is 2.22. The molecule has 32 heavy (non-hydrogen) atoms. The number of halogens is 2. The molecule has 166 valence electrons. The lowest BCUT2D eigenvalue weighted by Gasteiger charge is -2.14. The van der Waals surface area contributed by atoms with Crippen LogP contribution in [0.25, 0.3) is 0 Å². The zero-order chi connectivity index (χ0) is 23.3. The van der Waals surface area contributed by atoms with Gasteiger partial charge in [0.05, 0.1) is 21.7 Å². The van der Waals surface area contributed by atoms with Gasteiger partial charge in [-0.1, -0.05) is 11.6 Å². The van der Waals surface area contributed by atoms with Gasteiger partial charge in [0, 0.05) is 23.4 Å². The maximum atomic E-state index is 12.7. The molecule has 0 radical (unpaired) electrons. The normalized spacial score (nSPS) is 11.5. The maximum absolute atomic E-state index is 12.7. The summed E-state index contributed by atoms with van der Waals surface area (Å²) in [6, 6.07) is 14.5. The number of hydrogen-bond acceptors (Lipinski definition) is 7. The van der Waals surface area contributed by atoms with Crippen LogP contribution in [0.5, 0.6) is 11.5 Å². The van der Waals surface area contributed by atoms with Crippen LogP contribution in [0.3, 0.4) is 0 Å². The van der Waals surface area contributed by atoms with E-state index in [2.05, 4.69) is 20.9 Å². The van der Waals surface area contributed by atoms with Gasteiger partial charge in [0.15, 0.2) is 11.5 Å². The van der Waals surface area contributed by atoms with Gasteiger partial charge >= 0.3 is 10.1 Å². The Bertz CT molecular complexity index is 1260. The van der Waals surface area contributed by atoms with Crippen molar-refractivity contribution in [1.82, 2.24) is 0 Å². The number of nitro benzene ring substituents is 1. The molecule has 0 aliphatic carbocycles. The number of non-ortho nitro benzene ring substituents is 1. The van der Waals surface area contributed by atoms with E-state index in [-0.39, 0.29) is 28.7 Å². The molecule has 0 unspecified atom stereocenters. The third-order valence-electron chi connectivity index (χ3n) is 4.05. The topological polar surface area (TPSA) is 108 Å². The second-order valence-corrected chi connectivity index (χ2v) is 9.12. The van der Waals surface area contributed by atoms with Gasteiger partial charge in [-0.15, -0.1) is 0 Å². The lowest BCUT2D eigenvalue weighted by Crippen LogP contribution is -2.11. The number of hydrogen-bond donors (Lipinski definition) is 0. The first-order chi connectivity index (χ1) is 15.2. The van der Waals surface area contributed by atoms with Crippen LogP contribution in [0.2, 0.25) is 5.02 Å². The van der Waals surface area contributed by atoms with Crippen LogP contribution < -0.4 is 8.92 Å². The molecular formula is C21H16BrClN2O6S. The summed E-state index contributed by atoms with van der Waals surface area (Å²) in [5.41, 5.74) is 1.07. The lowest BCUT2D eigenvalue weighted by atomic mass is 10.2. The van der Waals surface area contributed by atoms with Gasteiger partial charge in [-0.05, 0) is 76.9 Å². The Kier molecular flexibility index (Phi) is 7.49. The predicted octanol–water partition coefficient (Wildman–Crippen LogP) is 5.93. The third-order valence-corrected chi connectivity index (χ3v) is 6.13. The van der Waals surface area contributed by atoms with E-state index in [0.717, 1.165) is 0 Å². The average molecular weight is 540 g/mol. The van der Waals surface area contributed by atoms with Gasteiger partial charge in [-0.25, -0.2) is 0 Å². The smallest absolute Gasteiger partial charge is 0.339 e. The van der Waals surface area contributed by atoms with E-state index in [4.69, 9.17) is 20.5 Å². The van der Waals surface area contributed by atoms with E-state index in [0.29, 0.717) is 20.7 Å². The minimum absolute atomic E-state index is 0.00529. The number of nitro groups is 1. The van der Waals surface area contributed by atoms with Gasteiger partial charge < -0.3 is 8.92 Å². The zero-order valence-corrected chi connectivity index (χ0v) is 19.7. The summed E-state index contributed by atoms with van der Waals surface area (Å²) in [6.07, 6.45) is 1.52. The average Bonchev–Trinajstić information content (AvgIpc) is 2.75. The molecule has 0 amide bonds. The summed E-state index contributed by atoms with van der Waals surface area (Å²) < 4.78 is 36.6. The fraction of sp³-hybridized carbons (Fsp3) is 0.0952. The van der Waals surface area contributed by atoms with E-state index >= 15 is 0 Å². The van der Waals surface area contributed by atoms with Crippen molar-refractivity contribution in [1.29, 1.82) is 0 Å². The first-order valence-corrected chi connectivity index (χ1v) is 11.7. The summed E-state index contributed by atoms with van der Waals surface area (Å²) in [5, 5.41) is 11.2. The molecule has 0 heterocycles. The van der Waals surface area contributed by atoms with Crippen LogP contribution >= 0.6 is 27.5 Å². The molecule has 0 fully saturated rings. The summed E-state index contributed by atoms with van der Waals surface area (Å²) in [7, 11) is -4.13.